The average molecular weight is 210 g/mol. The molecular formula is C12H15FO2. The van der Waals surface area contributed by atoms with E-state index in [9.17, 15) is 4.39 Å². The van der Waals surface area contributed by atoms with E-state index >= 15 is 0 Å². The highest BCUT2D eigenvalue weighted by Gasteiger charge is 2.25. The lowest BCUT2D eigenvalue weighted by Gasteiger charge is -2.14. The fraction of sp³-hybridized carbons (Fsp3) is 0.500. The van der Waals surface area contributed by atoms with E-state index in [0.29, 0.717) is 11.5 Å². The van der Waals surface area contributed by atoms with Gasteiger partial charge in [-0.3, -0.25) is 0 Å². The minimum atomic E-state index is -0.290. The average Bonchev–Trinajstić information content (AvgIpc) is 2.93. The molecule has 1 saturated carbocycles. The molecule has 1 aliphatic rings. The molecule has 3 heteroatoms. The van der Waals surface area contributed by atoms with Gasteiger partial charge in [-0.15, -0.1) is 0 Å². The van der Waals surface area contributed by atoms with Gasteiger partial charge in [0.05, 0.1) is 12.2 Å². The lowest BCUT2D eigenvalue weighted by Crippen LogP contribution is -2.08. The van der Waals surface area contributed by atoms with Crippen LogP contribution in [0.4, 0.5) is 4.39 Å². The summed E-state index contributed by atoms with van der Waals surface area (Å²) in [4.78, 5) is 0. The van der Waals surface area contributed by atoms with Gasteiger partial charge in [-0.25, -0.2) is 4.39 Å². The van der Waals surface area contributed by atoms with Crippen LogP contribution in [0, 0.1) is 5.82 Å². The highest BCUT2D eigenvalue weighted by atomic mass is 19.1. The van der Waals surface area contributed by atoms with Gasteiger partial charge in [0.15, 0.2) is 11.5 Å². The standard InChI is InChI=1S/C12H15FO2/c1-8(2)14-11-6-3-9(13)7-12(11)15-10-4-5-10/h3,6-8,10H,4-5H2,1-2H3. The van der Waals surface area contributed by atoms with Crippen LogP contribution in [0.2, 0.25) is 0 Å². The van der Waals surface area contributed by atoms with Crippen molar-refractivity contribution in [1.29, 1.82) is 0 Å². The Morgan fingerprint density at radius 3 is 2.60 bits per heavy atom. The molecule has 0 heterocycles. The Hall–Kier alpha value is -1.25. The van der Waals surface area contributed by atoms with Crippen LogP contribution in [0.15, 0.2) is 18.2 Å². The fourth-order valence-electron chi connectivity index (χ4n) is 1.29. The molecule has 15 heavy (non-hydrogen) atoms. The van der Waals surface area contributed by atoms with Crippen molar-refractivity contribution in [3.8, 4) is 11.5 Å². The van der Waals surface area contributed by atoms with Crippen LogP contribution in [-0.2, 0) is 0 Å². The number of hydrogen-bond acceptors (Lipinski definition) is 2. The Labute approximate surface area is 89.0 Å². The third-order valence-electron chi connectivity index (χ3n) is 2.09. The van der Waals surface area contributed by atoms with Crippen LogP contribution in [-0.4, -0.2) is 12.2 Å². The van der Waals surface area contributed by atoms with E-state index in [4.69, 9.17) is 9.47 Å². The van der Waals surface area contributed by atoms with Crippen molar-refractivity contribution in [1.82, 2.24) is 0 Å². The van der Waals surface area contributed by atoms with Crippen molar-refractivity contribution in [2.45, 2.75) is 38.9 Å². The molecule has 0 unspecified atom stereocenters. The molecule has 1 aromatic rings. The van der Waals surface area contributed by atoms with Gasteiger partial charge in [0.25, 0.3) is 0 Å². The first-order valence-electron chi connectivity index (χ1n) is 5.28. The van der Waals surface area contributed by atoms with Crippen molar-refractivity contribution >= 4 is 0 Å². The first kappa shape index (κ1) is 10.3. The lowest BCUT2D eigenvalue weighted by atomic mass is 10.3. The van der Waals surface area contributed by atoms with E-state index in [2.05, 4.69) is 0 Å². The molecule has 1 aromatic carbocycles. The topological polar surface area (TPSA) is 18.5 Å². The van der Waals surface area contributed by atoms with Crippen LogP contribution < -0.4 is 9.47 Å². The molecule has 0 aliphatic heterocycles. The highest BCUT2D eigenvalue weighted by Crippen LogP contribution is 2.34. The maximum absolute atomic E-state index is 13.0. The van der Waals surface area contributed by atoms with Gasteiger partial charge in [-0.2, -0.15) is 0 Å². The number of halogens is 1. The molecule has 0 bridgehead atoms. The number of ether oxygens (including phenoxy) is 2. The van der Waals surface area contributed by atoms with Crippen LogP contribution in [0.25, 0.3) is 0 Å². The van der Waals surface area contributed by atoms with Gasteiger partial charge in [-0.05, 0) is 38.8 Å². The van der Waals surface area contributed by atoms with E-state index in [1.807, 2.05) is 13.8 Å². The maximum Gasteiger partial charge on any atom is 0.164 e. The van der Waals surface area contributed by atoms with Crippen molar-refractivity contribution < 1.29 is 13.9 Å². The Balaban J connectivity index is 2.17. The summed E-state index contributed by atoms with van der Waals surface area (Å²) in [5.74, 6) is 0.853. The lowest BCUT2D eigenvalue weighted by molar-refractivity contribution is 0.217. The Morgan fingerprint density at radius 2 is 2.00 bits per heavy atom. The van der Waals surface area contributed by atoms with E-state index in [1.165, 1.54) is 12.1 Å². The molecule has 0 atom stereocenters. The van der Waals surface area contributed by atoms with E-state index < -0.39 is 0 Å². The normalized spacial score (nSPS) is 15.5. The third kappa shape index (κ3) is 2.85. The van der Waals surface area contributed by atoms with Crippen LogP contribution in [0.3, 0.4) is 0 Å². The van der Waals surface area contributed by atoms with E-state index in [0.717, 1.165) is 12.8 Å². The first-order valence-corrected chi connectivity index (χ1v) is 5.28. The summed E-state index contributed by atoms with van der Waals surface area (Å²) in [6.07, 6.45) is 2.42. The minimum absolute atomic E-state index is 0.0667. The summed E-state index contributed by atoms with van der Waals surface area (Å²) < 4.78 is 24.1. The summed E-state index contributed by atoms with van der Waals surface area (Å²) in [5, 5.41) is 0. The van der Waals surface area contributed by atoms with Gasteiger partial charge in [0.1, 0.15) is 5.82 Å². The summed E-state index contributed by atoms with van der Waals surface area (Å²) in [6, 6.07) is 4.39. The highest BCUT2D eigenvalue weighted by molar-refractivity contribution is 5.40. The van der Waals surface area contributed by atoms with Gasteiger partial charge in [0.2, 0.25) is 0 Å². The summed E-state index contributed by atoms with van der Waals surface area (Å²) in [7, 11) is 0. The Bertz CT molecular complexity index is 345. The molecule has 2 nitrogen and oxygen atoms in total. The van der Waals surface area contributed by atoms with Crippen molar-refractivity contribution in [3.05, 3.63) is 24.0 Å². The van der Waals surface area contributed by atoms with Gasteiger partial charge >= 0.3 is 0 Å². The molecule has 0 spiro atoms. The molecule has 0 N–H and O–H groups in total. The Kier molecular flexibility index (Phi) is 2.80. The molecule has 0 saturated heterocycles. The monoisotopic (exact) mass is 210 g/mol. The molecule has 1 aliphatic carbocycles. The third-order valence-corrected chi connectivity index (χ3v) is 2.09. The van der Waals surface area contributed by atoms with Crippen LogP contribution in [0.1, 0.15) is 26.7 Å². The maximum atomic E-state index is 13.0. The molecule has 82 valence electrons. The van der Waals surface area contributed by atoms with Crippen LogP contribution >= 0.6 is 0 Å². The summed E-state index contributed by atoms with van der Waals surface area (Å²) in [6.45, 7) is 3.87. The van der Waals surface area contributed by atoms with E-state index in [1.54, 1.807) is 6.07 Å². The molecule has 0 amide bonds. The Morgan fingerprint density at radius 1 is 1.27 bits per heavy atom. The van der Waals surface area contributed by atoms with Gasteiger partial charge in [0, 0.05) is 6.07 Å². The number of benzene rings is 1. The SMILES string of the molecule is CC(C)Oc1ccc(F)cc1OC1CC1. The molecule has 0 radical (unpaired) electrons. The quantitative estimate of drug-likeness (QED) is 0.760. The zero-order chi connectivity index (χ0) is 10.8. The summed E-state index contributed by atoms with van der Waals surface area (Å²) in [5.41, 5.74) is 0. The largest absolute Gasteiger partial charge is 0.487 e. The van der Waals surface area contributed by atoms with Crippen LogP contribution in [0.5, 0.6) is 11.5 Å². The smallest absolute Gasteiger partial charge is 0.164 e. The zero-order valence-corrected chi connectivity index (χ0v) is 9.00. The van der Waals surface area contributed by atoms with Crippen molar-refractivity contribution in [3.63, 3.8) is 0 Å². The van der Waals surface area contributed by atoms with Crippen molar-refractivity contribution in [2.75, 3.05) is 0 Å². The first-order chi connectivity index (χ1) is 7.15. The minimum Gasteiger partial charge on any atom is -0.487 e. The fourth-order valence-corrected chi connectivity index (χ4v) is 1.29. The van der Waals surface area contributed by atoms with E-state index in [-0.39, 0.29) is 18.0 Å². The predicted molar refractivity (Wildman–Crippen MR) is 55.8 cm³/mol. The second-order valence-corrected chi connectivity index (χ2v) is 4.07. The second kappa shape index (κ2) is 4.09. The zero-order valence-electron chi connectivity index (χ0n) is 9.00. The predicted octanol–water partition coefficient (Wildman–Crippen LogP) is 3.15. The van der Waals surface area contributed by atoms with Gasteiger partial charge < -0.3 is 9.47 Å². The molecule has 1 fully saturated rings. The number of hydrogen-bond donors (Lipinski definition) is 0. The second-order valence-electron chi connectivity index (χ2n) is 4.07. The molecular weight excluding hydrogens is 195 g/mol. The molecule has 2 rings (SSSR count). The number of rotatable bonds is 4. The molecule has 0 aromatic heterocycles. The summed E-state index contributed by atoms with van der Waals surface area (Å²) >= 11 is 0. The van der Waals surface area contributed by atoms with Gasteiger partial charge in [-0.1, -0.05) is 0 Å². The van der Waals surface area contributed by atoms with Crippen molar-refractivity contribution in [2.24, 2.45) is 0 Å².